The number of amidine groups is 1. The van der Waals surface area contributed by atoms with Crippen LogP contribution in [0.15, 0.2) is 65.3 Å². The Bertz CT molecular complexity index is 900. The number of anilines is 1. The molecule has 0 saturated heterocycles. The lowest BCUT2D eigenvalue weighted by atomic mass is 9.78. The minimum atomic E-state index is -1.10. The van der Waals surface area contributed by atoms with E-state index in [1.807, 2.05) is 68.6 Å². The fourth-order valence-electron chi connectivity index (χ4n) is 3.24. The number of rotatable bonds is 2. The number of hydrogen-bond acceptors (Lipinski definition) is 6. The molecule has 2 atom stereocenters. The van der Waals surface area contributed by atoms with Crippen molar-refractivity contribution >= 4 is 24.1 Å². The molecule has 132 valence electrons. The van der Waals surface area contributed by atoms with Crippen molar-refractivity contribution in [1.82, 2.24) is 5.32 Å². The van der Waals surface area contributed by atoms with Crippen LogP contribution >= 0.6 is 0 Å². The summed E-state index contributed by atoms with van der Waals surface area (Å²) < 4.78 is 5.46. The average molecular weight is 348 g/mol. The molecule has 0 saturated carbocycles. The molecule has 4 rings (SSSR count). The third-order valence-electron chi connectivity index (χ3n) is 4.77. The summed E-state index contributed by atoms with van der Waals surface area (Å²) in [5.74, 6) is -0.388. The van der Waals surface area contributed by atoms with E-state index in [-0.39, 0.29) is 6.10 Å². The Morgan fingerprint density at radius 1 is 1.27 bits per heavy atom. The van der Waals surface area contributed by atoms with Crippen molar-refractivity contribution in [2.75, 3.05) is 5.32 Å². The van der Waals surface area contributed by atoms with Crippen LogP contribution in [-0.4, -0.2) is 18.0 Å². The molecular formula is C19H21BN4O2. The van der Waals surface area contributed by atoms with Gasteiger partial charge in [-0.2, -0.15) is 0 Å². The van der Waals surface area contributed by atoms with E-state index in [0.717, 1.165) is 27.9 Å². The van der Waals surface area contributed by atoms with Crippen molar-refractivity contribution in [2.24, 2.45) is 10.7 Å². The molecule has 2 unspecified atom stereocenters. The molecule has 7 heteroatoms. The highest BCUT2D eigenvalue weighted by molar-refractivity contribution is 6.61. The normalized spacial score (nSPS) is 24.5. The summed E-state index contributed by atoms with van der Waals surface area (Å²) in [6.07, 6.45) is 1.68. The Kier molecular flexibility index (Phi) is 4.07. The fourth-order valence-corrected chi connectivity index (χ4v) is 3.24. The summed E-state index contributed by atoms with van der Waals surface area (Å²) in [6, 6.07) is 15.5. The smallest absolute Gasteiger partial charge is 0.423 e. The Balaban J connectivity index is 1.69. The molecule has 0 bridgehead atoms. The highest BCUT2D eigenvalue weighted by atomic mass is 16.5. The third-order valence-corrected chi connectivity index (χ3v) is 4.77. The molecule has 0 aromatic heterocycles. The number of fused-ring (bicyclic) bond motifs is 1. The van der Waals surface area contributed by atoms with Gasteiger partial charge >= 0.3 is 7.12 Å². The molecule has 6 nitrogen and oxygen atoms in total. The molecule has 2 aliphatic rings. The Labute approximate surface area is 152 Å². The molecule has 2 heterocycles. The summed E-state index contributed by atoms with van der Waals surface area (Å²) in [5.41, 5.74) is 11.0. The first-order valence-corrected chi connectivity index (χ1v) is 8.60. The molecule has 0 spiro atoms. The summed E-state index contributed by atoms with van der Waals surface area (Å²) in [5, 5.41) is 16.4. The molecule has 2 aromatic rings. The number of nitrogens with zero attached hydrogens (tertiary/aromatic N) is 1. The molecule has 0 fully saturated rings. The van der Waals surface area contributed by atoms with Crippen LogP contribution < -0.4 is 21.8 Å². The van der Waals surface area contributed by atoms with Crippen LogP contribution in [0.2, 0.25) is 0 Å². The van der Waals surface area contributed by atoms with Crippen LogP contribution in [0.1, 0.15) is 31.1 Å². The van der Waals surface area contributed by atoms with Gasteiger partial charge in [0.05, 0.1) is 6.10 Å². The van der Waals surface area contributed by atoms with Crippen molar-refractivity contribution in [2.45, 2.75) is 25.7 Å². The SMILES string of the molecule is CC1=CNC(N)(c2ccc3c(c2)C(C)OB3O)N=C1Nc1ccccc1. The second kappa shape index (κ2) is 6.28. The van der Waals surface area contributed by atoms with Gasteiger partial charge in [0.2, 0.25) is 5.79 Å². The van der Waals surface area contributed by atoms with Gasteiger partial charge in [-0.25, -0.2) is 4.99 Å². The highest BCUT2D eigenvalue weighted by Crippen LogP contribution is 2.28. The Morgan fingerprint density at radius 2 is 2.04 bits per heavy atom. The van der Waals surface area contributed by atoms with Crippen molar-refractivity contribution in [1.29, 1.82) is 0 Å². The quantitative estimate of drug-likeness (QED) is 0.618. The zero-order valence-electron chi connectivity index (χ0n) is 14.7. The van der Waals surface area contributed by atoms with Crippen LogP contribution in [0, 0.1) is 0 Å². The average Bonchev–Trinajstić information content (AvgIpc) is 2.93. The fraction of sp³-hybridized carbons (Fsp3) is 0.211. The molecule has 2 aromatic carbocycles. The van der Waals surface area contributed by atoms with Crippen LogP contribution in [-0.2, 0) is 10.4 Å². The Morgan fingerprint density at radius 3 is 2.81 bits per heavy atom. The third kappa shape index (κ3) is 2.90. The van der Waals surface area contributed by atoms with E-state index >= 15 is 0 Å². The first kappa shape index (κ1) is 16.8. The number of hydrogen-bond donors (Lipinski definition) is 4. The van der Waals surface area contributed by atoms with Gasteiger partial charge < -0.3 is 20.3 Å². The number of para-hydroxylation sites is 1. The summed E-state index contributed by atoms with van der Waals surface area (Å²) in [6.45, 7) is 3.88. The topological polar surface area (TPSA) is 91.9 Å². The van der Waals surface area contributed by atoms with Crippen LogP contribution in [0.25, 0.3) is 0 Å². The van der Waals surface area contributed by atoms with E-state index in [1.165, 1.54) is 0 Å². The minimum absolute atomic E-state index is 0.185. The van der Waals surface area contributed by atoms with Crippen LogP contribution in [0.4, 0.5) is 5.69 Å². The van der Waals surface area contributed by atoms with Gasteiger partial charge in [-0.3, -0.25) is 5.73 Å². The van der Waals surface area contributed by atoms with Gasteiger partial charge in [-0.15, -0.1) is 0 Å². The number of aliphatic imine (C=N–C) groups is 1. The van der Waals surface area contributed by atoms with Gasteiger partial charge in [-0.1, -0.05) is 30.3 Å². The minimum Gasteiger partial charge on any atom is -0.423 e. The van der Waals surface area contributed by atoms with Gasteiger partial charge in [-0.05, 0) is 43.1 Å². The standard InChI is InChI=1S/C19H21BN4O2/c1-12-11-22-19(21,24-18(12)23-15-6-4-3-5-7-15)14-8-9-17-16(10-14)13(2)26-20(17)25/h3-11,13,22,25H,21H2,1-2H3,(H,23,24). The number of benzene rings is 2. The summed E-state index contributed by atoms with van der Waals surface area (Å²) in [4.78, 5) is 4.73. The highest BCUT2D eigenvalue weighted by Gasteiger charge is 2.36. The zero-order chi connectivity index (χ0) is 18.3. The summed E-state index contributed by atoms with van der Waals surface area (Å²) >= 11 is 0. The molecule has 0 amide bonds. The van der Waals surface area contributed by atoms with Crippen LogP contribution in [0.3, 0.4) is 0 Å². The van der Waals surface area contributed by atoms with E-state index in [9.17, 15) is 5.02 Å². The lowest BCUT2D eigenvalue weighted by Crippen LogP contribution is -2.50. The van der Waals surface area contributed by atoms with Crippen molar-refractivity contribution in [3.05, 3.63) is 71.4 Å². The molecule has 26 heavy (non-hydrogen) atoms. The molecule has 0 radical (unpaired) electrons. The van der Waals surface area contributed by atoms with E-state index in [4.69, 9.17) is 15.4 Å². The summed E-state index contributed by atoms with van der Waals surface area (Å²) in [7, 11) is -0.886. The first-order valence-electron chi connectivity index (χ1n) is 8.60. The van der Waals surface area contributed by atoms with Gasteiger partial charge in [0.1, 0.15) is 5.84 Å². The van der Waals surface area contributed by atoms with Crippen molar-refractivity contribution in [3.63, 3.8) is 0 Å². The van der Waals surface area contributed by atoms with Gasteiger partial charge in [0.15, 0.2) is 0 Å². The second-order valence-corrected chi connectivity index (χ2v) is 6.66. The maximum absolute atomic E-state index is 9.94. The van der Waals surface area contributed by atoms with Crippen molar-refractivity contribution < 1.29 is 9.68 Å². The maximum atomic E-state index is 9.94. The predicted octanol–water partition coefficient (Wildman–Crippen LogP) is 1.55. The second-order valence-electron chi connectivity index (χ2n) is 6.66. The maximum Gasteiger partial charge on any atom is 0.491 e. The Hall–Kier alpha value is -2.61. The van der Waals surface area contributed by atoms with Crippen molar-refractivity contribution in [3.8, 4) is 0 Å². The predicted molar refractivity (Wildman–Crippen MR) is 104 cm³/mol. The molecule has 0 aliphatic carbocycles. The van der Waals surface area contributed by atoms with E-state index in [2.05, 4.69) is 10.6 Å². The molecule has 2 aliphatic heterocycles. The molecule has 5 N–H and O–H groups in total. The van der Waals surface area contributed by atoms with E-state index in [0.29, 0.717) is 5.84 Å². The van der Waals surface area contributed by atoms with E-state index < -0.39 is 12.9 Å². The number of nitrogens with one attached hydrogen (secondary N) is 2. The number of nitrogens with two attached hydrogens (primary N) is 1. The largest absolute Gasteiger partial charge is 0.491 e. The first-order chi connectivity index (χ1) is 12.5. The van der Waals surface area contributed by atoms with Gasteiger partial charge in [0, 0.05) is 23.0 Å². The molecular weight excluding hydrogens is 327 g/mol. The van der Waals surface area contributed by atoms with Crippen LogP contribution in [0.5, 0.6) is 0 Å². The zero-order valence-corrected chi connectivity index (χ0v) is 14.7. The lowest BCUT2D eigenvalue weighted by Gasteiger charge is -2.32. The monoisotopic (exact) mass is 348 g/mol. The lowest BCUT2D eigenvalue weighted by molar-refractivity contribution is 0.208. The van der Waals surface area contributed by atoms with Gasteiger partial charge in [0.25, 0.3) is 0 Å². The van der Waals surface area contributed by atoms with E-state index in [1.54, 1.807) is 0 Å².